The lowest BCUT2D eigenvalue weighted by Gasteiger charge is -2.11. The summed E-state index contributed by atoms with van der Waals surface area (Å²) in [6.45, 7) is 10.1. The van der Waals surface area contributed by atoms with Gasteiger partial charge in [0.25, 0.3) is 0 Å². The average Bonchev–Trinajstić information content (AvgIpc) is 3.22. The van der Waals surface area contributed by atoms with Crippen molar-refractivity contribution in [2.75, 3.05) is 26.3 Å². The van der Waals surface area contributed by atoms with Crippen LogP contribution < -0.4 is 10.6 Å². The monoisotopic (exact) mass is 438 g/mol. The molecule has 0 aliphatic heterocycles. The lowest BCUT2D eigenvalue weighted by molar-refractivity contribution is 0.129. The summed E-state index contributed by atoms with van der Waals surface area (Å²) in [5.41, 5.74) is 1.11. The SMILES string of the molecule is CCNC(=NCc1nc(C)c(C)s1)NCCOCC1CC1.I. The van der Waals surface area contributed by atoms with Crippen LogP contribution in [0.1, 0.15) is 35.3 Å². The minimum atomic E-state index is 0. The van der Waals surface area contributed by atoms with E-state index >= 15 is 0 Å². The second-order valence-electron chi connectivity index (χ2n) is 5.39. The third kappa shape index (κ3) is 7.23. The highest BCUT2D eigenvalue weighted by Gasteiger charge is 2.20. The molecule has 126 valence electrons. The first kappa shape index (κ1) is 19.6. The normalized spacial score (nSPS) is 14.6. The molecule has 0 amide bonds. The Balaban J connectivity index is 0.00000242. The molecule has 2 rings (SSSR count). The summed E-state index contributed by atoms with van der Waals surface area (Å²) in [6, 6.07) is 0. The van der Waals surface area contributed by atoms with Gasteiger partial charge in [-0.25, -0.2) is 9.98 Å². The van der Waals surface area contributed by atoms with Crippen molar-refractivity contribution in [2.45, 2.75) is 40.2 Å². The molecule has 1 aliphatic rings. The summed E-state index contributed by atoms with van der Waals surface area (Å²) in [5, 5.41) is 7.61. The molecule has 22 heavy (non-hydrogen) atoms. The van der Waals surface area contributed by atoms with E-state index in [1.807, 2.05) is 6.92 Å². The molecule has 5 nitrogen and oxygen atoms in total. The van der Waals surface area contributed by atoms with Crippen molar-refractivity contribution in [1.82, 2.24) is 15.6 Å². The number of aryl methyl sites for hydroxylation is 2. The van der Waals surface area contributed by atoms with Gasteiger partial charge in [-0.2, -0.15) is 0 Å². The third-order valence-electron chi connectivity index (χ3n) is 3.38. The molecular weight excluding hydrogens is 411 g/mol. The number of nitrogens with one attached hydrogen (secondary N) is 2. The summed E-state index contributed by atoms with van der Waals surface area (Å²) >= 11 is 1.72. The minimum absolute atomic E-state index is 0. The molecule has 2 N–H and O–H groups in total. The van der Waals surface area contributed by atoms with E-state index in [0.717, 1.165) is 48.9 Å². The summed E-state index contributed by atoms with van der Waals surface area (Å²) in [6.07, 6.45) is 2.67. The minimum Gasteiger partial charge on any atom is -0.379 e. The Morgan fingerprint density at radius 2 is 2.14 bits per heavy atom. The number of guanidine groups is 1. The molecule has 1 aromatic heterocycles. The summed E-state index contributed by atoms with van der Waals surface area (Å²) in [4.78, 5) is 10.3. The highest BCUT2D eigenvalue weighted by atomic mass is 127. The zero-order valence-electron chi connectivity index (χ0n) is 13.6. The van der Waals surface area contributed by atoms with Crippen LogP contribution in [0.15, 0.2) is 4.99 Å². The number of rotatable bonds is 8. The van der Waals surface area contributed by atoms with Crippen LogP contribution in [0.5, 0.6) is 0 Å². The van der Waals surface area contributed by atoms with Gasteiger partial charge in [-0.3, -0.25) is 0 Å². The number of halogens is 1. The standard InChI is InChI=1S/C15H26N4OS.HI/c1-4-16-15(17-7-8-20-10-13-5-6-13)18-9-14-19-11(2)12(3)21-14;/h13H,4-10H2,1-3H3,(H2,16,17,18);1H. The first-order valence-corrected chi connectivity index (χ1v) is 8.53. The Bertz CT molecular complexity index is 455. The fourth-order valence-electron chi connectivity index (χ4n) is 1.87. The Labute approximate surface area is 154 Å². The predicted molar refractivity (Wildman–Crippen MR) is 103 cm³/mol. The fourth-order valence-corrected chi connectivity index (χ4v) is 2.73. The number of aliphatic imine (C=N–C) groups is 1. The summed E-state index contributed by atoms with van der Waals surface area (Å²) < 4.78 is 5.61. The Kier molecular flexibility index (Phi) is 9.27. The second-order valence-corrected chi connectivity index (χ2v) is 6.68. The highest BCUT2D eigenvalue weighted by molar-refractivity contribution is 14.0. The van der Waals surface area contributed by atoms with Gasteiger partial charge in [0.1, 0.15) is 5.01 Å². The fraction of sp³-hybridized carbons (Fsp3) is 0.733. The molecule has 0 aromatic carbocycles. The molecule has 0 unspecified atom stereocenters. The van der Waals surface area contributed by atoms with Crippen molar-refractivity contribution in [3.8, 4) is 0 Å². The van der Waals surface area contributed by atoms with Crippen LogP contribution in [-0.2, 0) is 11.3 Å². The lowest BCUT2D eigenvalue weighted by atomic mass is 10.4. The van der Waals surface area contributed by atoms with Crippen molar-refractivity contribution in [1.29, 1.82) is 0 Å². The lowest BCUT2D eigenvalue weighted by Crippen LogP contribution is -2.39. The zero-order chi connectivity index (χ0) is 15.1. The second kappa shape index (κ2) is 10.4. The van der Waals surface area contributed by atoms with Gasteiger partial charge in [0, 0.05) is 24.6 Å². The number of nitrogens with zero attached hydrogens (tertiary/aromatic N) is 2. The molecule has 0 radical (unpaired) electrons. The van der Waals surface area contributed by atoms with Crippen LogP contribution in [-0.4, -0.2) is 37.2 Å². The first-order valence-electron chi connectivity index (χ1n) is 7.72. The van der Waals surface area contributed by atoms with Gasteiger partial charge in [0.2, 0.25) is 0 Å². The number of aromatic nitrogens is 1. The van der Waals surface area contributed by atoms with Crippen LogP contribution in [0, 0.1) is 19.8 Å². The number of hydrogen-bond acceptors (Lipinski definition) is 4. The maximum atomic E-state index is 5.61. The Morgan fingerprint density at radius 3 is 2.73 bits per heavy atom. The number of ether oxygens (including phenoxy) is 1. The predicted octanol–water partition coefficient (Wildman–Crippen LogP) is 2.86. The van der Waals surface area contributed by atoms with Gasteiger partial charge in [0.15, 0.2) is 5.96 Å². The highest BCUT2D eigenvalue weighted by Crippen LogP contribution is 2.28. The topological polar surface area (TPSA) is 58.5 Å². The van der Waals surface area contributed by atoms with Crippen molar-refractivity contribution in [2.24, 2.45) is 10.9 Å². The molecule has 7 heteroatoms. The Hall–Kier alpha value is -0.410. The van der Waals surface area contributed by atoms with Crippen LogP contribution in [0.25, 0.3) is 0 Å². The molecular formula is C15H27IN4OS. The molecule has 1 aliphatic carbocycles. The zero-order valence-corrected chi connectivity index (χ0v) is 16.8. The van der Waals surface area contributed by atoms with Gasteiger partial charge in [-0.1, -0.05) is 0 Å². The molecule has 0 saturated heterocycles. The van der Waals surface area contributed by atoms with Crippen LogP contribution >= 0.6 is 35.3 Å². The molecule has 0 spiro atoms. The van der Waals surface area contributed by atoms with Crippen molar-refractivity contribution < 1.29 is 4.74 Å². The van der Waals surface area contributed by atoms with E-state index in [1.165, 1.54) is 17.7 Å². The van der Waals surface area contributed by atoms with Crippen molar-refractivity contribution in [3.63, 3.8) is 0 Å². The smallest absolute Gasteiger partial charge is 0.191 e. The molecule has 1 fully saturated rings. The van der Waals surface area contributed by atoms with E-state index in [2.05, 4.69) is 34.5 Å². The molecule has 1 aromatic rings. The van der Waals surface area contributed by atoms with Gasteiger partial charge >= 0.3 is 0 Å². The van der Waals surface area contributed by atoms with Gasteiger partial charge in [-0.15, -0.1) is 35.3 Å². The summed E-state index contributed by atoms with van der Waals surface area (Å²) in [5.74, 6) is 1.65. The van der Waals surface area contributed by atoms with Crippen LogP contribution in [0.3, 0.4) is 0 Å². The molecule has 1 saturated carbocycles. The van der Waals surface area contributed by atoms with Gasteiger partial charge in [-0.05, 0) is 39.5 Å². The van der Waals surface area contributed by atoms with Crippen molar-refractivity contribution >= 4 is 41.3 Å². The van der Waals surface area contributed by atoms with Crippen molar-refractivity contribution in [3.05, 3.63) is 15.6 Å². The number of thiazole rings is 1. The quantitative estimate of drug-likeness (QED) is 0.284. The van der Waals surface area contributed by atoms with Crippen LogP contribution in [0.2, 0.25) is 0 Å². The van der Waals surface area contributed by atoms with E-state index in [4.69, 9.17) is 4.74 Å². The summed E-state index contributed by atoms with van der Waals surface area (Å²) in [7, 11) is 0. The van der Waals surface area contributed by atoms with E-state index in [1.54, 1.807) is 11.3 Å². The molecule has 1 heterocycles. The van der Waals surface area contributed by atoms with E-state index < -0.39 is 0 Å². The van der Waals surface area contributed by atoms with Gasteiger partial charge in [0.05, 0.1) is 18.8 Å². The number of hydrogen-bond donors (Lipinski definition) is 2. The molecule has 0 atom stereocenters. The van der Waals surface area contributed by atoms with E-state index in [9.17, 15) is 0 Å². The van der Waals surface area contributed by atoms with E-state index in [0.29, 0.717) is 6.54 Å². The maximum absolute atomic E-state index is 5.61. The van der Waals surface area contributed by atoms with Gasteiger partial charge < -0.3 is 15.4 Å². The first-order chi connectivity index (χ1) is 10.2. The molecule has 0 bridgehead atoms. The Morgan fingerprint density at radius 1 is 1.36 bits per heavy atom. The largest absolute Gasteiger partial charge is 0.379 e. The van der Waals surface area contributed by atoms with E-state index in [-0.39, 0.29) is 24.0 Å². The van der Waals surface area contributed by atoms with Crippen LogP contribution in [0.4, 0.5) is 0 Å². The average molecular weight is 438 g/mol. The maximum Gasteiger partial charge on any atom is 0.191 e. The third-order valence-corrected chi connectivity index (χ3v) is 4.44.